The molecule has 0 bridgehead atoms. The van der Waals surface area contributed by atoms with Crippen molar-refractivity contribution in [2.75, 3.05) is 25.0 Å². The molecule has 2 aromatic carbocycles. The van der Waals surface area contributed by atoms with Crippen LogP contribution in [0.5, 0.6) is 5.75 Å². The van der Waals surface area contributed by atoms with Crippen molar-refractivity contribution in [2.24, 2.45) is 0 Å². The van der Waals surface area contributed by atoms with Gasteiger partial charge in [0.15, 0.2) is 0 Å². The summed E-state index contributed by atoms with van der Waals surface area (Å²) >= 11 is 0. The minimum Gasteiger partial charge on any atom is -0.492 e. The average molecular weight is 479 g/mol. The predicted octanol–water partition coefficient (Wildman–Crippen LogP) is 4.86. The van der Waals surface area contributed by atoms with Gasteiger partial charge in [-0.1, -0.05) is 61.7 Å². The van der Waals surface area contributed by atoms with Crippen LogP contribution in [0.3, 0.4) is 0 Å². The van der Waals surface area contributed by atoms with Crippen molar-refractivity contribution in [2.45, 2.75) is 70.0 Å². The first-order valence-corrected chi connectivity index (χ1v) is 13.0. The molecule has 1 saturated carbocycles. The summed E-state index contributed by atoms with van der Waals surface area (Å²) < 4.78 is 5.70. The molecule has 0 radical (unpaired) electrons. The number of hydrogen-bond donors (Lipinski definition) is 3. The quantitative estimate of drug-likeness (QED) is 0.506. The van der Waals surface area contributed by atoms with Crippen LogP contribution in [0.4, 0.5) is 10.5 Å². The molecule has 4 rings (SSSR count). The summed E-state index contributed by atoms with van der Waals surface area (Å²) in [6, 6.07) is 17.4. The standard InChI is InChI=1S/C28H38N4O3/c1-2-35-25-16-10-9-15-24(25)31-27(33)26(21-11-5-3-6-12-21)32-19-17-23(18-20-32)30-28(34)29-22-13-7-4-8-14-22/h3,5-6,9-12,15-16,22-23,26H,2,4,7-8,13-14,17-20H2,1H3,(H,31,33)(H2,29,30,34). The molecule has 2 aliphatic rings. The fraction of sp³-hybridized carbons (Fsp3) is 0.500. The lowest BCUT2D eigenvalue weighted by Crippen LogP contribution is -2.51. The largest absolute Gasteiger partial charge is 0.492 e. The molecule has 35 heavy (non-hydrogen) atoms. The van der Waals surface area contributed by atoms with Crippen molar-refractivity contribution in [3.05, 3.63) is 60.2 Å². The number of piperidine rings is 1. The van der Waals surface area contributed by atoms with Gasteiger partial charge in [-0.2, -0.15) is 0 Å². The smallest absolute Gasteiger partial charge is 0.315 e. The molecular formula is C28H38N4O3. The Kier molecular flexibility index (Phi) is 9.01. The monoisotopic (exact) mass is 478 g/mol. The lowest BCUT2D eigenvalue weighted by Gasteiger charge is -2.37. The van der Waals surface area contributed by atoms with Gasteiger partial charge in [0.2, 0.25) is 5.91 Å². The Hall–Kier alpha value is -3.06. The van der Waals surface area contributed by atoms with E-state index in [1.54, 1.807) is 0 Å². The number of likely N-dealkylation sites (tertiary alicyclic amines) is 1. The van der Waals surface area contributed by atoms with Crippen LogP contribution in [0, 0.1) is 0 Å². The molecule has 1 unspecified atom stereocenters. The fourth-order valence-corrected chi connectivity index (χ4v) is 5.18. The van der Waals surface area contributed by atoms with Crippen molar-refractivity contribution in [1.29, 1.82) is 0 Å². The van der Waals surface area contributed by atoms with E-state index < -0.39 is 6.04 Å². The lowest BCUT2D eigenvalue weighted by molar-refractivity contribution is -0.122. The van der Waals surface area contributed by atoms with Crippen LogP contribution in [0.15, 0.2) is 54.6 Å². The van der Waals surface area contributed by atoms with Gasteiger partial charge < -0.3 is 20.7 Å². The van der Waals surface area contributed by atoms with Crippen molar-refractivity contribution in [1.82, 2.24) is 15.5 Å². The summed E-state index contributed by atoms with van der Waals surface area (Å²) in [6.45, 7) is 3.92. The van der Waals surface area contributed by atoms with E-state index in [4.69, 9.17) is 4.74 Å². The molecule has 2 fully saturated rings. The third-order valence-corrected chi connectivity index (χ3v) is 6.98. The van der Waals surface area contributed by atoms with Crippen LogP contribution in [0.2, 0.25) is 0 Å². The van der Waals surface area contributed by atoms with Crippen LogP contribution in [-0.4, -0.2) is 48.6 Å². The topological polar surface area (TPSA) is 82.7 Å². The number of anilines is 1. The maximum Gasteiger partial charge on any atom is 0.315 e. The number of carbonyl (C=O) groups excluding carboxylic acids is 2. The van der Waals surface area contributed by atoms with E-state index in [-0.39, 0.29) is 18.0 Å². The first kappa shape index (κ1) is 25.0. The summed E-state index contributed by atoms with van der Waals surface area (Å²) in [7, 11) is 0. The minimum absolute atomic E-state index is 0.0553. The van der Waals surface area contributed by atoms with E-state index in [0.29, 0.717) is 24.1 Å². The number of hydrogen-bond acceptors (Lipinski definition) is 4. The summed E-state index contributed by atoms with van der Waals surface area (Å²) in [4.78, 5) is 28.3. The average Bonchev–Trinajstić information content (AvgIpc) is 2.88. The summed E-state index contributed by atoms with van der Waals surface area (Å²) in [5.74, 6) is 0.590. The maximum atomic E-state index is 13.6. The summed E-state index contributed by atoms with van der Waals surface area (Å²) in [5, 5.41) is 9.40. The number of carbonyl (C=O) groups is 2. The minimum atomic E-state index is -0.414. The summed E-state index contributed by atoms with van der Waals surface area (Å²) in [6.07, 6.45) is 7.43. The molecule has 1 aliphatic heterocycles. The molecule has 7 heteroatoms. The Morgan fingerprint density at radius 2 is 1.51 bits per heavy atom. The zero-order chi connectivity index (χ0) is 24.5. The number of nitrogens with zero attached hydrogens (tertiary/aromatic N) is 1. The molecule has 1 aliphatic carbocycles. The van der Waals surface area contributed by atoms with E-state index in [1.807, 2.05) is 61.5 Å². The molecule has 1 atom stereocenters. The lowest BCUT2D eigenvalue weighted by atomic mass is 9.95. The number of para-hydroxylation sites is 2. The highest BCUT2D eigenvalue weighted by Crippen LogP contribution is 2.29. The Balaban J connectivity index is 1.38. The van der Waals surface area contributed by atoms with Crippen LogP contribution < -0.4 is 20.7 Å². The molecule has 2 aromatic rings. The Morgan fingerprint density at radius 3 is 2.20 bits per heavy atom. The van der Waals surface area contributed by atoms with Gasteiger partial charge in [0, 0.05) is 25.2 Å². The highest BCUT2D eigenvalue weighted by atomic mass is 16.5. The van der Waals surface area contributed by atoms with Gasteiger partial charge in [-0.15, -0.1) is 0 Å². The molecule has 7 nitrogen and oxygen atoms in total. The van der Waals surface area contributed by atoms with Crippen LogP contribution in [0.25, 0.3) is 0 Å². The van der Waals surface area contributed by atoms with Gasteiger partial charge in [-0.3, -0.25) is 9.69 Å². The van der Waals surface area contributed by atoms with E-state index >= 15 is 0 Å². The van der Waals surface area contributed by atoms with Crippen molar-refractivity contribution in [3.8, 4) is 5.75 Å². The fourth-order valence-electron chi connectivity index (χ4n) is 5.18. The zero-order valence-corrected chi connectivity index (χ0v) is 20.7. The van der Waals surface area contributed by atoms with Gasteiger partial charge in [-0.25, -0.2) is 4.79 Å². The van der Waals surface area contributed by atoms with E-state index in [0.717, 1.165) is 44.3 Å². The third kappa shape index (κ3) is 6.98. The number of urea groups is 1. The van der Waals surface area contributed by atoms with Gasteiger partial charge in [0.1, 0.15) is 11.8 Å². The van der Waals surface area contributed by atoms with Gasteiger partial charge in [0.05, 0.1) is 12.3 Å². The second-order valence-corrected chi connectivity index (χ2v) is 9.49. The third-order valence-electron chi connectivity index (χ3n) is 6.98. The number of rotatable bonds is 8. The van der Waals surface area contributed by atoms with Crippen molar-refractivity contribution in [3.63, 3.8) is 0 Å². The molecule has 0 aromatic heterocycles. The normalized spacial score (nSPS) is 18.4. The SMILES string of the molecule is CCOc1ccccc1NC(=O)C(c1ccccc1)N1CCC(NC(=O)NC2CCCCC2)CC1. The summed E-state index contributed by atoms with van der Waals surface area (Å²) in [5.41, 5.74) is 1.64. The van der Waals surface area contributed by atoms with Gasteiger partial charge >= 0.3 is 6.03 Å². The van der Waals surface area contributed by atoms with Crippen LogP contribution in [-0.2, 0) is 4.79 Å². The van der Waals surface area contributed by atoms with E-state index in [2.05, 4.69) is 20.9 Å². The highest BCUT2D eigenvalue weighted by Gasteiger charge is 2.32. The van der Waals surface area contributed by atoms with Crippen LogP contribution in [0.1, 0.15) is 63.5 Å². The van der Waals surface area contributed by atoms with Crippen molar-refractivity contribution >= 4 is 17.6 Å². The number of benzene rings is 2. The predicted molar refractivity (Wildman–Crippen MR) is 139 cm³/mol. The molecule has 3 amide bonds. The first-order valence-electron chi connectivity index (χ1n) is 13.0. The maximum absolute atomic E-state index is 13.6. The van der Waals surface area contributed by atoms with E-state index in [1.165, 1.54) is 19.3 Å². The Bertz CT molecular complexity index is 954. The van der Waals surface area contributed by atoms with Gasteiger partial charge in [-0.05, 0) is 50.3 Å². The zero-order valence-electron chi connectivity index (χ0n) is 20.7. The molecule has 3 N–H and O–H groups in total. The highest BCUT2D eigenvalue weighted by molar-refractivity contribution is 5.96. The number of amides is 3. The van der Waals surface area contributed by atoms with E-state index in [9.17, 15) is 9.59 Å². The second-order valence-electron chi connectivity index (χ2n) is 9.49. The molecule has 0 spiro atoms. The Morgan fingerprint density at radius 1 is 0.886 bits per heavy atom. The first-order chi connectivity index (χ1) is 17.1. The van der Waals surface area contributed by atoms with Gasteiger partial charge in [0.25, 0.3) is 0 Å². The Labute approximate surface area is 208 Å². The molecule has 1 saturated heterocycles. The second kappa shape index (κ2) is 12.6. The number of nitrogens with one attached hydrogen (secondary N) is 3. The molecule has 188 valence electrons. The number of ether oxygens (including phenoxy) is 1. The molecule has 1 heterocycles. The van der Waals surface area contributed by atoms with Crippen molar-refractivity contribution < 1.29 is 14.3 Å². The van der Waals surface area contributed by atoms with Crippen LogP contribution >= 0.6 is 0 Å². The molecular weight excluding hydrogens is 440 g/mol.